The molecule has 0 saturated carbocycles. The fourth-order valence-corrected chi connectivity index (χ4v) is 2.20. The number of thioether (sulfide) groups is 1. The zero-order valence-electron chi connectivity index (χ0n) is 10.7. The molecule has 0 fully saturated rings. The van der Waals surface area contributed by atoms with Crippen LogP contribution in [-0.4, -0.2) is 40.2 Å². The molecule has 1 rings (SSSR count). The van der Waals surface area contributed by atoms with Crippen molar-refractivity contribution in [1.82, 2.24) is 10.3 Å². The van der Waals surface area contributed by atoms with Crippen molar-refractivity contribution >= 4 is 17.7 Å². The highest BCUT2D eigenvalue weighted by molar-refractivity contribution is 7.98. The van der Waals surface area contributed by atoms with Gasteiger partial charge in [-0.25, -0.2) is 0 Å². The van der Waals surface area contributed by atoms with Gasteiger partial charge in [0.25, 0.3) is 5.91 Å². The quantitative estimate of drug-likeness (QED) is 0.729. The lowest BCUT2D eigenvalue weighted by atomic mass is 10.1. The molecule has 1 aromatic heterocycles. The number of carbonyl (C=O) groups is 1. The number of aromatic amines is 1. The van der Waals surface area contributed by atoms with Gasteiger partial charge in [-0.3, -0.25) is 9.59 Å². The second-order valence-electron chi connectivity index (χ2n) is 4.51. The van der Waals surface area contributed by atoms with Gasteiger partial charge in [0.15, 0.2) is 5.43 Å². The average Bonchev–Trinajstić information content (AvgIpc) is 2.26. The van der Waals surface area contributed by atoms with E-state index in [0.717, 1.165) is 0 Å². The molecule has 100 valence electrons. The van der Waals surface area contributed by atoms with Gasteiger partial charge in [0.1, 0.15) is 5.56 Å². The van der Waals surface area contributed by atoms with Gasteiger partial charge < -0.3 is 15.4 Å². The number of aromatic nitrogens is 1. The molecule has 1 heterocycles. The Bertz CT molecular complexity index is 482. The summed E-state index contributed by atoms with van der Waals surface area (Å²) in [6.07, 6.45) is 3.26. The van der Waals surface area contributed by atoms with E-state index in [2.05, 4.69) is 10.3 Å². The van der Waals surface area contributed by atoms with Crippen LogP contribution in [0.5, 0.6) is 0 Å². The minimum Gasteiger partial charge on any atom is -0.387 e. The van der Waals surface area contributed by atoms with Gasteiger partial charge in [-0.2, -0.15) is 11.8 Å². The van der Waals surface area contributed by atoms with E-state index in [1.54, 1.807) is 13.8 Å². The molecule has 0 aliphatic rings. The van der Waals surface area contributed by atoms with Gasteiger partial charge in [0, 0.05) is 30.3 Å². The molecule has 5 nitrogen and oxygen atoms in total. The van der Waals surface area contributed by atoms with Crippen LogP contribution in [0.25, 0.3) is 0 Å². The zero-order chi connectivity index (χ0) is 13.8. The maximum absolute atomic E-state index is 11.8. The number of H-pyrrole nitrogens is 1. The van der Waals surface area contributed by atoms with Crippen LogP contribution in [-0.2, 0) is 0 Å². The van der Waals surface area contributed by atoms with E-state index in [0.29, 0.717) is 11.4 Å². The first kappa shape index (κ1) is 14.8. The minimum absolute atomic E-state index is 0.0561. The highest BCUT2D eigenvalue weighted by Gasteiger charge is 2.21. The maximum Gasteiger partial charge on any atom is 0.256 e. The van der Waals surface area contributed by atoms with Crippen molar-refractivity contribution in [2.45, 2.75) is 19.4 Å². The summed E-state index contributed by atoms with van der Waals surface area (Å²) in [7, 11) is 0. The van der Waals surface area contributed by atoms with Crippen molar-refractivity contribution in [3.63, 3.8) is 0 Å². The molecule has 1 amide bonds. The normalized spacial score (nSPS) is 14.0. The summed E-state index contributed by atoms with van der Waals surface area (Å²) in [4.78, 5) is 26.2. The van der Waals surface area contributed by atoms with Crippen molar-refractivity contribution in [2.24, 2.45) is 0 Å². The van der Waals surface area contributed by atoms with Crippen LogP contribution >= 0.6 is 11.8 Å². The molecule has 1 atom stereocenters. The lowest BCUT2D eigenvalue weighted by Crippen LogP contribution is -2.43. The molecule has 0 saturated heterocycles. The van der Waals surface area contributed by atoms with E-state index in [1.165, 1.54) is 24.0 Å². The Morgan fingerprint density at radius 2 is 2.28 bits per heavy atom. The van der Waals surface area contributed by atoms with Crippen LogP contribution in [0.4, 0.5) is 0 Å². The van der Waals surface area contributed by atoms with Gasteiger partial charge >= 0.3 is 0 Å². The maximum atomic E-state index is 11.8. The number of hydrogen-bond donors (Lipinski definition) is 3. The van der Waals surface area contributed by atoms with Crippen molar-refractivity contribution < 1.29 is 9.90 Å². The molecule has 1 aromatic rings. The third-order valence-electron chi connectivity index (χ3n) is 2.39. The Balaban J connectivity index is 2.69. The van der Waals surface area contributed by atoms with E-state index in [-0.39, 0.29) is 17.5 Å². The number of hydrogen-bond acceptors (Lipinski definition) is 4. The molecule has 0 aromatic carbocycles. The Kier molecular flexibility index (Phi) is 4.98. The lowest BCUT2D eigenvalue weighted by molar-refractivity contribution is 0.0724. The van der Waals surface area contributed by atoms with Gasteiger partial charge in [-0.15, -0.1) is 0 Å². The monoisotopic (exact) mass is 270 g/mol. The van der Waals surface area contributed by atoms with E-state index >= 15 is 0 Å². The fraction of sp³-hybridized carbons (Fsp3) is 0.500. The van der Waals surface area contributed by atoms with Gasteiger partial charge in [-0.05, 0) is 20.1 Å². The number of aliphatic hydroxyl groups is 1. The summed E-state index contributed by atoms with van der Waals surface area (Å²) in [6.45, 7) is 3.50. The standard InChI is InChI=1S/C12H18N2O3S/c1-8-4-10(15)9(5-13-8)11(16)14-6-12(2,17)7-18-3/h4-5,17H,6-7H2,1-3H3,(H,13,15)(H,14,16). The molecule has 18 heavy (non-hydrogen) atoms. The smallest absolute Gasteiger partial charge is 0.256 e. The topological polar surface area (TPSA) is 82.2 Å². The second kappa shape index (κ2) is 6.06. The average molecular weight is 270 g/mol. The highest BCUT2D eigenvalue weighted by atomic mass is 32.2. The Morgan fingerprint density at radius 3 is 2.83 bits per heavy atom. The third-order valence-corrected chi connectivity index (χ3v) is 3.30. The first-order chi connectivity index (χ1) is 8.35. The van der Waals surface area contributed by atoms with Crippen LogP contribution < -0.4 is 10.7 Å². The van der Waals surface area contributed by atoms with Crippen LogP contribution in [0.1, 0.15) is 23.0 Å². The van der Waals surface area contributed by atoms with Crippen LogP contribution in [0.15, 0.2) is 17.1 Å². The lowest BCUT2D eigenvalue weighted by Gasteiger charge is -2.22. The first-order valence-corrected chi connectivity index (χ1v) is 6.94. The number of rotatable bonds is 5. The summed E-state index contributed by atoms with van der Waals surface area (Å²) in [5, 5.41) is 12.5. The molecule has 0 aliphatic heterocycles. The summed E-state index contributed by atoms with van der Waals surface area (Å²) in [6, 6.07) is 1.37. The molecular weight excluding hydrogens is 252 g/mol. The summed E-state index contributed by atoms with van der Waals surface area (Å²) < 4.78 is 0. The second-order valence-corrected chi connectivity index (χ2v) is 5.37. The number of amides is 1. The van der Waals surface area contributed by atoms with Crippen molar-refractivity contribution in [3.8, 4) is 0 Å². The SMILES string of the molecule is CSCC(C)(O)CNC(=O)c1c[nH]c(C)cc1=O. The molecule has 1 unspecified atom stereocenters. The summed E-state index contributed by atoms with van der Waals surface area (Å²) >= 11 is 1.49. The van der Waals surface area contributed by atoms with Gasteiger partial charge in [0.2, 0.25) is 0 Å². The zero-order valence-corrected chi connectivity index (χ0v) is 11.6. The number of pyridine rings is 1. The van der Waals surface area contributed by atoms with Crippen LogP contribution in [0.2, 0.25) is 0 Å². The predicted octanol–water partition coefficient (Wildman–Crippen LogP) is 0.527. The molecule has 0 spiro atoms. The van der Waals surface area contributed by atoms with Crippen molar-refractivity contribution in [2.75, 3.05) is 18.6 Å². The summed E-state index contributed by atoms with van der Waals surface area (Å²) in [5.74, 6) is 0.0370. The van der Waals surface area contributed by atoms with E-state index in [4.69, 9.17) is 0 Å². The number of carbonyl (C=O) groups excluding carboxylic acids is 1. The molecule has 0 bridgehead atoms. The molecular formula is C12H18N2O3S. The first-order valence-electron chi connectivity index (χ1n) is 5.54. The largest absolute Gasteiger partial charge is 0.387 e. The Hall–Kier alpha value is -1.27. The highest BCUT2D eigenvalue weighted by Crippen LogP contribution is 2.09. The number of aryl methyl sites for hydroxylation is 1. The van der Waals surface area contributed by atoms with E-state index in [9.17, 15) is 14.7 Å². The van der Waals surface area contributed by atoms with Gasteiger partial charge in [-0.1, -0.05) is 0 Å². The van der Waals surface area contributed by atoms with Gasteiger partial charge in [0.05, 0.1) is 5.60 Å². The van der Waals surface area contributed by atoms with Crippen molar-refractivity contribution in [1.29, 1.82) is 0 Å². The van der Waals surface area contributed by atoms with E-state index < -0.39 is 11.5 Å². The number of nitrogens with one attached hydrogen (secondary N) is 2. The molecule has 0 aliphatic carbocycles. The van der Waals surface area contributed by atoms with Crippen LogP contribution in [0.3, 0.4) is 0 Å². The molecule has 6 heteroatoms. The Labute approximate surface area is 110 Å². The molecule has 3 N–H and O–H groups in total. The third kappa shape index (κ3) is 4.19. The van der Waals surface area contributed by atoms with E-state index in [1.807, 2.05) is 6.26 Å². The fourth-order valence-electron chi connectivity index (χ4n) is 1.48. The predicted molar refractivity (Wildman–Crippen MR) is 73.1 cm³/mol. The Morgan fingerprint density at radius 1 is 1.61 bits per heavy atom. The van der Waals surface area contributed by atoms with Crippen molar-refractivity contribution in [3.05, 3.63) is 33.7 Å². The minimum atomic E-state index is -0.980. The van der Waals surface area contributed by atoms with Crippen LogP contribution in [0, 0.1) is 6.92 Å². The molecule has 0 radical (unpaired) electrons. The summed E-state index contributed by atoms with van der Waals surface area (Å²) in [5.41, 5.74) is -0.549.